The van der Waals surface area contributed by atoms with Crippen molar-refractivity contribution >= 4 is 23.5 Å². The molecule has 0 radical (unpaired) electrons. The second-order valence-electron chi connectivity index (χ2n) is 4.94. The molecule has 0 bridgehead atoms. The maximum atomic E-state index is 12.7. The molecule has 7 nitrogen and oxygen atoms in total. The second-order valence-corrected chi connectivity index (χ2v) is 4.94. The van der Waals surface area contributed by atoms with Crippen molar-refractivity contribution in [3.8, 4) is 0 Å². The van der Waals surface area contributed by atoms with E-state index >= 15 is 0 Å². The highest BCUT2D eigenvalue weighted by Crippen LogP contribution is 2.13. The van der Waals surface area contributed by atoms with Crippen LogP contribution in [0.4, 0.5) is 10.1 Å². The minimum absolute atomic E-state index is 0.284. The summed E-state index contributed by atoms with van der Waals surface area (Å²) >= 11 is 0. The van der Waals surface area contributed by atoms with Gasteiger partial charge in [0.05, 0.1) is 6.54 Å². The zero-order valence-corrected chi connectivity index (χ0v) is 12.3. The number of carbonyl (C=O) groups is 3. The summed E-state index contributed by atoms with van der Waals surface area (Å²) in [6.07, 6.45) is 0.764. The number of anilines is 1. The van der Waals surface area contributed by atoms with E-state index in [1.54, 1.807) is 0 Å². The first kappa shape index (κ1) is 16.9. The van der Waals surface area contributed by atoms with E-state index in [-0.39, 0.29) is 6.54 Å². The first-order valence-corrected chi connectivity index (χ1v) is 7.15. The van der Waals surface area contributed by atoms with Crippen LogP contribution in [-0.2, 0) is 23.9 Å². The average molecular weight is 324 g/mol. The number of esters is 1. The zero-order chi connectivity index (χ0) is 16.7. The van der Waals surface area contributed by atoms with E-state index in [0.29, 0.717) is 18.7 Å². The molecule has 0 spiro atoms. The van der Waals surface area contributed by atoms with Crippen molar-refractivity contribution in [3.05, 3.63) is 30.1 Å². The van der Waals surface area contributed by atoms with E-state index in [0.717, 1.165) is 6.42 Å². The van der Waals surface area contributed by atoms with Crippen molar-refractivity contribution in [1.82, 2.24) is 5.32 Å². The highest BCUT2D eigenvalue weighted by Gasteiger charge is 2.25. The summed E-state index contributed by atoms with van der Waals surface area (Å²) in [6, 6.07) is 5.22. The molecule has 2 N–H and O–H groups in total. The van der Waals surface area contributed by atoms with Gasteiger partial charge in [-0.25, -0.2) is 9.18 Å². The molecule has 1 aromatic rings. The van der Waals surface area contributed by atoms with Gasteiger partial charge in [-0.3, -0.25) is 9.59 Å². The largest absolute Gasteiger partial charge is 0.454 e. The molecule has 1 heterocycles. The fourth-order valence-corrected chi connectivity index (χ4v) is 1.96. The summed E-state index contributed by atoms with van der Waals surface area (Å²) in [6.45, 7) is -0.244. The Morgan fingerprint density at radius 1 is 1.22 bits per heavy atom. The molecule has 1 atom stereocenters. The molecule has 0 unspecified atom stereocenters. The number of benzene rings is 1. The number of carbonyl (C=O) groups excluding carboxylic acids is 3. The summed E-state index contributed by atoms with van der Waals surface area (Å²) < 4.78 is 22.6. The van der Waals surface area contributed by atoms with Crippen molar-refractivity contribution in [2.75, 3.05) is 25.1 Å². The van der Waals surface area contributed by atoms with Crippen LogP contribution in [0.3, 0.4) is 0 Å². The molecule has 2 rings (SSSR count). The minimum atomic E-state index is -0.607. The lowest BCUT2D eigenvalue weighted by Crippen LogP contribution is -2.36. The smallest absolute Gasteiger partial charge is 0.335 e. The lowest BCUT2D eigenvalue weighted by molar-refractivity contribution is -0.157. The maximum absolute atomic E-state index is 12.7. The Kier molecular flexibility index (Phi) is 6.04. The third-order valence-corrected chi connectivity index (χ3v) is 3.11. The predicted molar refractivity (Wildman–Crippen MR) is 78.0 cm³/mol. The Morgan fingerprint density at radius 2 is 1.96 bits per heavy atom. The van der Waals surface area contributed by atoms with Gasteiger partial charge in [0.1, 0.15) is 5.82 Å². The molecule has 1 saturated heterocycles. The number of ether oxygens (including phenoxy) is 2. The molecule has 1 aliphatic rings. The SMILES string of the molecule is O=C(COC(=O)[C@H]1CCCO1)NCC(=O)Nc1ccc(F)cc1. The Labute approximate surface area is 132 Å². The van der Waals surface area contributed by atoms with E-state index in [4.69, 9.17) is 9.47 Å². The summed E-state index contributed by atoms with van der Waals surface area (Å²) in [5.41, 5.74) is 0.412. The van der Waals surface area contributed by atoms with Crippen molar-refractivity contribution in [1.29, 1.82) is 0 Å². The molecule has 0 saturated carbocycles. The minimum Gasteiger partial charge on any atom is -0.454 e. The molecular weight excluding hydrogens is 307 g/mol. The summed E-state index contributed by atoms with van der Waals surface area (Å²) in [4.78, 5) is 34.6. The standard InChI is InChI=1S/C15H17FN2O5/c16-10-3-5-11(6-4-10)18-13(19)8-17-14(20)9-23-15(21)12-2-1-7-22-12/h3-6,12H,1-2,7-9H2,(H,17,20)(H,18,19)/t12-/m1/s1. The molecule has 1 aromatic carbocycles. The first-order chi connectivity index (χ1) is 11.0. The van der Waals surface area contributed by atoms with Crippen molar-refractivity contribution in [2.45, 2.75) is 18.9 Å². The fourth-order valence-electron chi connectivity index (χ4n) is 1.96. The Morgan fingerprint density at radius 3 is 2.61 bits per heavy atom. The summed E-state index contributed by atoms with van der Waals surface area (Å²) in [5.74, 6) is -2.06. The predicted octanol–water partition coefficient (Wildman–Crippen LogP) is 0.603. The number of amides is 2. The van der Waals surface area contributed by atoms with Crippen molar-refractivity contribution in [3.63, 3.8) is 0 Å². The summed E-state index contributed by atoms with van der Waals surface area (Å²) in [5, 5.41) is 4.80. The van der Waals surface area contributed by atoms with Crippen molar-refractivity contribution < 1.29 is 28.2 Å². The van der Waals surface area contributed by atoms with Gasteiger partial charge < -0.3 is 20.1 Å². The van der Waals surface area contributed by atoms with E-state index in [2.05, 4.69) is 10.6 Å². The van der Waals surface area contributed by atoms with Gasteiger partial charge in [0.2, 0.25) is 5.91 Å². The highest BCUT2D eigenvalue weighted by molar-refractivity contribution is 5.94. The second kappa shape index (κ2) is 8.23. The van der Waals surface area contributed by atoms with Gasteiger partial charge >= 0.3 is 5.97 Å². The van der Waals surface area contributed by atoms with E-state index in [1.165, 1.54) is 24.3 Å². The van der Waals surface area contributed by atoms with E-state index in [1.807, 2.05) is 0 Å². The molecule has 8 heteroatoms. The third-order valence-electron chi connectivity index (χ3n) is 3.11. The number of hydrogen-bond acceptors (Lipinski definition) is 5. The first-order valence-electron chi connectivity index (χ1n) is 7.15. The number of nitrogens with one attached hydrogen (secondary N) is 2. The Bertz CT molecular complexity index is 570. The number of rotatable bonds is 6. The molecule has 0 aromatic heterocycles. The van der Waals surface area contributed by atoms with Crippen LogP contribution in [0.25, 0.3) is 0 Å². The lowest BCUT2D eigenvalue weighted by atomic mass is 10.2. The molecular formula is C15H17FN2O5. The van der Waals surface area contributed by atoms with Gasteiger partial charge in [0.15, 0.2) is 12.7 Å². The Balaban J connectivity index is 1.64. The van der Waals surface area contributed by atoms with E-state index < -0.39 is 36.3 Å². The van der Waals surface area contributed by atoms with Crippen molar-refractivity contribution in [2.24, 2.45) is 0 Å². The third kappa shape index (κ3) is 5.67. The number of halogens is 1. The van der Waals surface area contributed by atoms with Crippen LogP contribution < -0.4 is 10.6 Å². The van der Waals surface area contributed by atoms with Crippen LogP contribution in [0.2, 0.25) is 0 Å². The quantitative estimate of drug-likeness (QED) is 0.748. The maximum Gasteiger partial charge on any atom is 0.335 e. The van der Waals surface area contributed by atoms with Crippen LogP contribution in [0.1, 0.15) is 12.8 Å². The van der Waals surface area contributed by atoms with Gasteiger partial charge in [-0.05, 0) is 37.1 Å². The lowest BCUT2D eigenvalue weighted by Gasteiger charge is -2.10. The van der Waals surface area contributed by atoms with Gasteiger partial charge in [-0.15, -0.1) is 0 Å². The van der Waals surface area contributed by atoms with Crippen LogP contribution in [0.15, 0.2) is 24.3 Å². The molecule has 23 heavy (non-hydrogen) atoms. The molecule has 124 valence electrons. The fraction of sp³-hybridized carbons (Fsp3) is 0.400. The van der Waals surface area contributed by atoms with Gasteiger partial charge in [-0.1, -0.05) is 0 Å². The molecule has 0 aliphatic carbocycles. The number of hydrogen-bond donors (Lipinski definition) is 2. The monoisotopic (exact) mass is 324 g/mol. The van der Waals surface area contributed by atoms with Gasteiger partial charge in [0, 0.05) is 12.3 Å². The van der Waals surface area contributed by atoms with Crippen LogP contribution >= 0.6 is 0 Å². The summed E-state index contributed by atoms with van der Waals surface area (Å²) in [7, 11) is 0. The van der Waals surface area contributed by atoms with Crippen LogP contribution in [-0.4, -0.2) is 43.6 Å². The van der Waals surface area contributed by atoms with Gasteiger partial charge in [0.25, 0.3) is 5.91 Å². The molecule has 1 fully saturated rings. The van der Waals surface area contributed by atoms with Crippen LogP contribution in [0.5, 0.6) is 0 Å². The normalized spacial score (nSPS) is 16.7. The molecule has 2 amide bonds. The highest BCUT2D eigenvalue weighted by atomic mass is 19.1. The Hall–Kier alpha value is -2.48. The van der Waals surface area contributed by atoms with Gasteiger partial charge in [-0.2, -0.15) is 0 Å². The topological polar surface area (TPSA) is 93.7 Å². The zero-order valence-electron chi connectivity index (χ0n) is 12.3. The average Bonchev–Trinajstić information content (AvgIpc) is 3.07. The van der Waals surface area contributed by atoms with E-state index in [9.17, 15) is 18.8 Å². The van der Waals surface area contributed by atoms with Crippen LogP contribution in [0, 0.1) is 5.82 Å². The molecule has 1 aliphatic heterocycles.